The smallest absolute Gasteiger partial charge is 0.310 e. The molecule has 2 fully saturated rings. The Morgan fingerprint density at radius 2 is 2.00 bits per heavy atom. The third kappa shape index (κ3) is 4.89. The van der Waals surface area contributed by atoms with Crippen molar-refractivity contribution in [2.75, 3.05) is 17.7 Å². The van der Waals surface area contributed by atoms with Gasteiger partial charge in [-0.3, -0.25) is 23.7 Å². The number of nitrogens with zero attached hydrogens (tertiary/aromatic N) is 1. The standard InChI is InChI=1S/C24H27ClN4O6/c1-2-34-22-18(13-19(30)35-22)28-23(33)24(9-3-4-10-24)29-11-5-6-17(21(29)32)27-20(31)14-7-8-16(26)15(25)12-14/h5-8,11-12,18,22H,2-4,9-10,13,26H2,1H3,(H,27,31)(H,28,33)/t18-,22-/m0/s1. The number of carbonyl (C=O) groups excluding carboxylic acids is 3. The molecule has 1 aliphatic carbocycles. The zero-order valence-electron chi connectivity index (χ0n) is 19.2. The number of carbonyl (C=O) groups is 3. The molecule has 186 valence electrons. The molecule has 1 aromatic heterocycles. The minimum Gasteiger partial charge on any atom is -0.433 e. The number of cyclic esters (lactones) is 1. The largest absolute Gasteiger partial charge is 0.433 e. The predicted molar refractivity (Wildman–Crippen MR) is 129 cm³/mol. The topological polar surface area (TPSA) is 142 Å². The van der Waals surface area contributed by atoms with Crippen LogP contribution in [0, 0.1) is 0 Å². The predicted octanol–water partition coefficient (Wildman–Crippen LogP) is 2.40. The highest BCUT2D eigenvalue weighted by molar-refractivity contribution is 6.33. The molecule has 1 aromatic carbocycles. The minimum absolute atomic E-state index is 0.0123. The fourth-order valence-corrected chi connectivity index (χ4v) is 4.78. The maximum Gasteiger partial charge on any atom is 0.310 e. The van der Waals surface area contributed by atoms with Crippen molar-refractivity contribution < 1.29 is 23.9 Å². The van der Waals surface area contributed by atoms with E-state index in [4.69, 9.17) is 26.8 Å². The molecule has 2 amide bonds. The zero-order chi connectivity index (χ0) is 25.2. The van der Waals surface area contributed by atoms with Gasteiger partial charge in [0, 0.05) is 18.4 Å². The second-order valence-corrected chi connectivity index (χ2v) is 9.03. The maximum atomic E-state index is 13.5. The van der Waals surface area contributed by atoms with Crippen LogP contribution in [0.25, 0.3) is 0 Å². The van der Waals surface area contributed by atoms with E-state index in [-0.39, 0.29) is 28.6 Å². The number of esters is 1. The Bertz CT molecular complexity index is 1210. The molecule has 2 atom stereocenters. The summed E-state index contributed by atoms with van der Waals surface area (Å²) in [5.74, 6) is -1.38. The molecule has 1 saturated carbocycles. The van der Waals surface area contributed by atoms with Crippen molar-refractivity contribution in [1.29, 1.82) is 0 Å². The molecule has 2 heterocycles. The summed E-state index contributed by atoms with van der Waals surface area (Å²) in [6.07, 6.45) is 3.02. The second kappa shape index (κ2) is 10.1. The first kappa shape index (κ1) is 24.7. The van der Waals surface area contributed by atoms with Crippen LogP contribution in [0.5, 0.6) is 0 Å². The number of hydrogen-bond acceptors (Lipinski definition) is 7. The van der Waals surface area contributed by atoms with Crippen LogP contribution in [0.2, 0.25) is 5.02 Å². The van der Waals surface area contributed by atoms with Crippen LogP contribution in [0.1, 0.15) is 49.4 Å². The summed E-state index contributed by atoms with van der Waals surface area (Å²) in [6.45, 7) is 2.08. The van der Waals surface area contributed by atoms with Gasteiger partial charge in [-0.2, -0.15) is 0 Å². The molecular weight excluding hydrogens is 476 g/mol. The molecule has 11 heteroatoms. The number of ether oxygens (including phenoxy) is 2. The fraction of sp³-hybridized carbons (Fsp3) is 0.417. The van der Waals surface area contributed by atoms with Gasteiger partial charge in [-0.15, -0.1) is 0 Å². The van der Waals surface area contributed by atoms with Crippen molar-refractivity contribution in [3.63, 3.8) is 0 Å². The lowest BCUT2D eigenvalue weighted by Crippen LogP contribution is -2.55. The SMILES string of the molecule is CCO[C@H]1OC(=O)C[C@@H]1NC(=O)C1(n2cccc(NC(=O)c3ccc(N)c(Cl)c3)c2=O)CCCC1. The van der Waals surface area contributed by atoms with Crippen molar-refractivity contribution in [2.45, 2.75) is 56.9 Å². The van der Waals surface area contributed by atoms with Gasteiger partial charge in [-0.25, -0.2) is 0 Å². The van der Waals surface area contributed by atoms with E-state index in [1.165, 1.54) is 28.8 Å². The fourth-order valence-electron chi connectivity index (χ4n) is 4.60. The van der Waals surface area contributed by atoms with Crippen molar-refractivity contribution >= 4 is 40.8 Å². The number of pyridine rings is 1. The highest BCUT2D eigenvalue weighted by Gasteiger charge is 2.46. The Balaban J connectivity index is 1.60. The van der Waals surface area contributed by atoms with E-state index < -0.39 is 35.3 Å². The Hall–Kier alpha value is -3.37. The van der Waals surface area contributed by atoms with Gasteiger partial charge in [0.1, 0.15) is 17.3 Å². The van der Waals surface area contributed by atoms with Crippen LogP contribution in [-0.2, 0) is 24.6 Å². The van der Waals surface area contributed by atoms with Crippen molar-refractivity contribution in [2.24, 2.45) is 0 Å². The normalized spacial score (nSPS) is 20.9. The van der Waals surface area contributed by atoms with Crippen molar-refractivity contribution in [3.05, 3.63) is 57.5 Å². The lowest BCUT2D eigenvalue weighted by molar-refractivity contribution is -0.165. The molecule has 4 N–H and O–H groups in total. The Labute approximate surface area is 206 Å². The number of rotatable bonds is 7. The molecule has 4 rings (SSSR count). The Kier molecular flexibility index (Phi) is 7.13. The molecule has 1 saturated heterocycles. The summed E-state index contributed by atoms with van der Waals surface area (Å²) in [7, 11) is 0. The molecule has 35 heavy (non-hydrogen) atoms. The highest BCUT2D eigenvalue weighted by atomic mass is 35.5. The number of benzene rings is 1. The third-order valence-corrected chi connectivity index (χ3v) is 6.71. The first-order chi connectivity index (χ1) is 16.7. The number of hydrogen-bond donors (Lipinski definition) is 3. The van der Waals surface area contributed by atoms with Crippen LogP contribution >= 0.6 is 11.6 Å². The van der Waals surface area contributed by atoms with E-state index in [2.05, 4.69) is 10.6 Å². The summed E-state index contributed by atoms with van der Waals surface area (Å²) in [4.78, 5) is 51.5. The van der Waals surface area contributed by atoms with Gasteiger partial charge < -0.3 is 25.8 Å². The molecule has 2 aliphatic rings. The summed E-state index contributed by atoms with van der Waals surface area (Å²) >= 11 is 6.01. The summed E-state index contributed by atoms with van der Waals surface area (Å²) in [5.41, 5.74) is 4.62. The van der Waals surface area contributed by atoms with E-state index in [1.807, 2.05) is 0 Å². The van der Waals surface area contributed by atoms with E-state index in [0.29, 0.717) is 25.1 Å². The number of nitrogens with one attached hydrogen (secondary N) is 2. The molecule has 0 bridgehead atoms. The van der Waals surface area contributed by atoms with Crippen molar-refractivity contribution in [3.8, 4) is 0 Å². The van der Waals surface area contributed by atoms with Gasteiger partial charge >= 0.3 is 5.97 Å². The first-order valence-corrected chi connectivity index (χ1v) is 11.8. The van der Waals surface area contributed by atoms with Gasteiger partial charge in [-0.05, 0) is 50.1 Å². The van der Waals surface area contributed by atoms with Crippen LogP contribution in [0.15, 0.2) is 41.3 Å². The van der Waals surface area contributed by atoms with Crippen LogP contribution in [-0.4, -0.2) is 41.3 Å². The van der Waals surface area contributed by atoms with Gasteiger partial charge in [0.15, 0.2) is 0 Å². The van der Waals surface area contributed by atoms with Gasteiger partial charge in [0.05, 0.1) is 17.1 Å². The zero-order valence-corrected chi connectivity index (χ0v) is 20.0. The van der Waals surface area contributed by atoms with E-state index in [9.17, 15) is 19.2 Å². The number of halogens is 1. The van der Waals surface area contributed by atoms with E-state index in [0.717, 1.165) is 12.8 Å². The molecule has 2 aromatic rings. The molecule has 0 unspecified atom stereocenters. The lowest BCUT2D eigenvalue weighted by Gasteiger charge is -2.32. The highest BCUT2D eigenvalue weighted by Crippen LogP contribution is 2.37. The van der Waals surface area contributed by atoms with E-state index >= 15 is 0 Å². The number of nitrogens with two attached hydrogens (primary N) is 1. The number of anilines is 2. The van der Waals surface area contributed by atoms with Crippen molar-refractivity contribution in [1.82, 2.24) is 9.88 Å². The first-order valence-electron chi connectivity index (χ1n) is 11.5. The van der Waals surface area contributed by atoms with Crippen LogP contribution in [0.3, 0.4) is 0 Å². The molecule has 1 aliphatic heterocycles. The minimum atomic E-state index is -1.16. The Morgan fingerprint density at radius 1 is 1.26 bits per heavy atom. The number of nitrogen functional groups attached to an aromatic ring is 1. The lowest BCUT2D eigenvalue weighted by atomic mass is 9.94. The summed E-state index contributed by atoms with van der Waals surface area (Å²) < 4.78 is 12.0. The van der Waals surface area contributed by atoms with Gasteiger partial charge in [-0.1, -0.05) is 24.4 Å². The average molecular weight is 503 g/mol. The maximum absolute atomic E-state index is 13.5. The summed E-state index contributed by atoms with van der Waals surface area (Å²) in [6, 6.07) is 6.85. The monoisotopic (exact) mass is 502 g/mol. The molecule has 0 spiro atoms. The number of amides is 2. The van der Waals surface area contributed by atoms with Crippen LogP contribution < -0.4 is 21.9 Å². The third-order valence-electron chi connectivity index (χ3n) is 6.38. The molecule has 10 nitrogen and oxygen atoms in total. The molecule has 0 radical (unpaired) electrons. The van der Waals surface area contributed by atoms with Crippen LogP contribution in [0.4, 0.5) is 11.4 Å². The summed E-state index contributed by atoms with van der Waals surface area (Å²) in [5, 5.41) is 5.70. The van der Waals surface area contributed by atoms with Gasteiger partial charge in [0.25, 0.3) is 11.5 Å². The second-order valence-electron chi connectivity index (χ2n) is 8.62. The van der Waals surface area contributed by atoms with Gasteiger partial charge in [0.2, 0.25) is 12.2 Å². The number of aromatic nitrogens is 1. The quantitative estimate of drug-likeness (QED) is 0.390. The van der Waals surface area contributed by atoms with E-state index in [1.54, 1.807) is 19.2 Å². The molecular formula is C24H27ClN4O6. The Morgan fingerprint density at radius 3 is 2.69 bits per heavy atom. The average Bonchev–Trinajstić information content (AvgIpc) is 3.45.